The molecule has 34 heavy (non-hydrogen) atoms. The van der Waals surface area contributed by atoms with Gasteiger partial charge in [-0.1, -0.05) is 0 Å². The fourth-order valence-corrected chi connectivity index (χ4v) is 1.79. The van der Waals surface area contributed by atoms with Crippen molar-refractivity contribution in [2.24, 2.45) is 0 Å². The Kier molecular flexibility index (Phi) is 7.96. The summed E-state index contributed by atoms with van der Waals surface area (Å²) in [6.45, 7) is -2.93. The van der Waals surface area contributed by atoms with Gasteiger partial charge in [0.1, 0.15) is 0 Å². The molecule has 204 valence electrons. The van der Waals surface area contributed by atoms with Crippen LogP contribution in [0.25, 0.3) is 0 Å². The van der Waals surface area contributed by atoms with E-state index in [1.807, 2.05) is 0 Å². The molecule has 0 fully saturated rings. The van der Waals surface area contributed by atoms with Crippen molar-refractivity contribution < 1.29 is 89.6 Å². The van der Waals surface area contributed by atoms with Crippen molar-refractivity contribution in [1.82, 2.24) is 5.32 Å². The second-order valence-electron chi connectivity index (χ2n) is 6.85. The van der Waals surface area contributed by atoms with Crippen LogP contribution in [0.2, 0.25) is 0 Å². The molecule has 0 saturated heterocycles. The van der Waals surface area contributed by atoms with Crippen LogP contribution in [0.3, 0.4) is 0 Å². The van der Waals surface area contributed by atoms with Crippen molar-refractivity contribution >= 4 is 5.91 Å². The number of aliphatic hydroxyl groups is 2. The minimum atomic E-state index is -8.80. The zero-order chi connectivity index (χ0) is 28.2. The Labute approximate surface area is 175 Å². The van der Waals surface area contributed by atoms with Gasteiger partial charge in [-0.2, -0.15) is 74.6 Å². The average molecular weight is 551 g/mol. The van der Waals surface area contributed by atoms with Crippen LogP contribution in [0, 0.1) is 0 Å². The molecule has 0 saturated carbocycles. The maximum atomic E-state index is 13.6. The predicted molar refractivity (Wildman–Crippen MR) is 71.4 cm³/mol. The molecule has 0 bridgehead atoms. The molecule has 1 amide bonds. The molecule has 0 rings (SSSR count). The maximum Gasteiger partial charge on any atom is 0.460 e. The summed E-state index contributed by atoms with van der Waals surface area (Å²) >= 11 is 0. The number of alkyl halides is 17. The molecule has 4 nitrogen and oxygen atoms in total. The molecule has 0 radical (unpaired) electrons. The summed E-state index contributed by atoms with van der Waals surface area (Å²) < 4.78 is 222. The van der Waals surface area contributed by atoms with Gasteiger partial charge in [0.05, 0.1) is 18.8 Å². The van der Waals surface area contributed by atoms with Crippen LogP contribution in [-0.4, -0.2) is 82.5 Å². The monoisotopic (exact) mass is 551 g/mol. The first-order valence-corrected chi connectivity index (χ1v) is 7.76. The van der Waals surface area contributed by atoms with E-state index in [0.29, 0.717) is 12.2 Å². The number of hydrogen-bond acceptors (Lipinski definition) is 3. The number of hydrogen-bond donors (Lipinski definition) is 3. The van der Waals surface area contributed by atoms with Crippen LogP contribution >= 0.6 is 0 Å². The summed E-state index contributed by atoms with van der Waals surface area (Å²) in [6, 6.07) is 0. The highest BCUT2D eigenvalue weighted by molar-refractivity contribution is 5.85. The number of carbonyl (C=O) groups is 1. The summed E-state index contributed by atoms with van der Waals surface area (Å²) in [5.41, 5.74) is -2.79. The Morgan fingerprint density at radius 2 is 0.824 bits per heavy atom. The van der Waals surface area contributed by atoms with Crippen LogP contribution in [0.4, 0.5) is 74.6 Å². The molecule has 21 heteroatoms. The van der Waals surface area contributed by atoms with E-state index in [4.69, 9.17) is 10.2 Å². The number of aliphatic hydroxyl groups excluding tert-OH is 2. The molecule has 3 N–H and O–H groups in total. The van der Waals surface area contributed by atoms with Crippen molar-refractivity contribution in [3.8, 4) is 0 Å². The smallest absolute Gasteiger partial charge is 0.394 e. The fourth-order valence-electron chi connectivity index (χ4n) is 1.79. The van der Waals surface area contributed by atoms with Gasteiger partial charge in [-0.3, -0.25) is 4.79 Å². The molecule has 0 aromatic heterocycles. The zero-order valence-electron chi connectivity index (χ0n) is 15.6. The lowest BCUT2D eigenvalue weighted by molar-refractivity contribution is -0.459. The van der Waals surface area contributed by atoms with Gasteiger partial charge in [-0.25, -0.2) is 0 Å². The third-order valence-corrected chi connectivity index (χ3v) is 4.12. The summed E-state index contributed by atoms with van der Waals surface area (Å²) in [5, 5.41) is 17.9. The predicted octanol–water partition coefficient (Wildman–Crippen LogP) is 3.86. The number of halogens is 17. The quantitative estimate of drug-likeness (QED) is 0.362. The SMILES string of the molecule is CC(CO)(CO)NC(=O)C(F)(F)C(F)(F)C(F)(F)C(F)(F)C(F)(F)C(F)(F)C(F)(F)C(F)(F)F. The molecule has 0 aliphatic rings. The lowest BCUT2D eigenvalue weighted by Gasteiger charge is -2.42. The van der Waals surface area contributed by atoms with E-state index in [0.717, 1.165) is 0 Å². The molecular formula is C13H10F17NO3. The third-order valence-electron chi connectivity index (χ3n) is 4.12. The second-order valence-corrected chi connectivity index (χ2v) is 6.85. The van der Waals surface area contributed by atoms with Gasteiger partial charge in [0.2, 0.25) is 0 Å². The normalized spacial score (nSPS) is 16.0. The molecule has 0 spiro atoms. The first-order chi connectivity index (χ1) is 14.5. The van der Waals surface area contributed by atoms with Gasteiger partial charge in [-0.05, 0) is 6.92 Å². The van der Waals surface area contributed by atoms with Crippen LogP contribution in [0.5, 0.6) is 0 Å². The first-order valence-electron chi connectivity index (χ1n) is 7.76. The van der Waals surface area contributed by atoms with Crippen LogP contribution in [0.1, 0.15) is 6.92 Å². The summed E-state index contributed by atoms with van der Waals surface area (Å²) in [7, 11) is 0. The van der Waals surface area contributed by atoms with Gasteiger partial charge in [0, 0.05) is 0 Å². The highest BCUT2D eigenvalue weighted by Gasteiger charge is 2.95. The van der Waals surface area contributed by atoms with Crippen molar-refractivity contribution in [3.63, 3.8) is 0 Å². The highest BCUT2D eigenvalue weighted by atomic mass is 19.4. The highest BCUT2D eigenvalue weighted by Crippen LogP contribution is 2.63. The van der Waals surface area contributed by atoms with Crippen molar-refractivity contribution in [1.29, 1.82) is 0 Å². The second kappa shape index (κ2) is 8.40. The largest absolute Gasteiger partial charge is 0.460 e. The van der Waals surface area contributed by atoms with Gasteiger partial charge in [0.25, 0.3) is 5.91 Å². The number of amides is 1. The van der Waals surface area contributed by atoms with Crippen LogP contribution < -0.4 is 5.32 Å². The zero-order valence-corrected chi connectivity index (χ0v) is 15.6. The Morgan fingerprint density at radius 1 is 0.559 bits per heavy atom. The van der Waals surface area contributed by atoms with Crippen molar-refractivity contribution in [2.45, 2.75) is 60.1 Å². The number of carbonyl (C=O) groups excluding carboxylic acids is 1. The standard InChI is InChI=1S/C13H10F17NO3/c1-5(2-32,3-33)31-4(34)6(14,15)7(16,17)8(18,19)9(20,21)10(22,23)11(24,25)12(26,27)13(28,29)30/h32-33H,2-3H2,1H3,(H,31,34). The van der Waals surface area contributed by atoms with Crippen molar-refractivity contribution in [3.05, 3.63) is 0 Å². The van der Waals surface area contributed by atoms with E-state index < -0.39 is 72.3 Å². The van der Waals surface area contributed by atoms with E-state index >= 15 is 0 Å². The lowest BCUT2D eigenvalue weighted by Crippen LogP contribution is -2.75. The lowest BCUT2D eigenvalue weighted by atomic mass is 9.88. The molecule has 0 atom stereocenters. The average Bonchev–Trinajstić information content (AvgIpc) is 2.65. The number of rotatable bonds is 10. The molecule has 0 unspecified atom stereocenters. The third kappa shape index (κ3) is 4.21. The van der Waals surface area contributed by atoms with E-state index in [1.165, 1.54) is 0 Å². The maximum absolute atomic E-state index is 13.6. The number of nitrogens with one attached hydrogen (secondary N) is 1. The van der Waals surface area contributed by atoms with E-state index in [1.54, 1.807) is 0 Å². The topological polar surface area (TPSA) is 69.6 Å². The Hall–Kier alpha value is -1.80. The Balaban J connectivity index is 6.74. The molecule has 0 aliphatic heterocycles. The first kappa shape index (κ1) is 32.2. The Bertz CT molecular complexity index is 756. The molecular weight excluding hydrogens is 541 g/mol. The minimum Gasteiger partial charge on any atom is -0.394 e. The summed E-state index contributed by atoms with van der Waals surface area (Å²) in [5.74, 6) is -62.5. The molecule has 0 aliphatic carbocycles. The fraction of sp³-hybridized carbons (Fsp3) is 0.923. The van der Waals surface area contributed by atoms with Gasteiger partial charge < -0.3 is 15.5 Å². The summed E-state index contributed by atoms with van der Waals surface area (Å²) in [6.07, 6.45) is -7.86. The van der Waals surface area contributed by atoms with Crippen LogP contribution in [0.15, 0.2) is 0 Å². The van der Waals surface area contributed by atoms with Gasteiger partial charge in [-0.15, -0.1) is 0 Å². The van der Waals surface area contributed by atoms with Gasteiger partial charge in [0.15, 0.2) is 0 Å². The Morgan fingerprint density at radius 3 is 1.09 bits per heavy atom. The van der Waals surface area contributed by atoms with Crippen LogP contribution in [-0.2, 0) is 4.79 Å². The summed E-state index contributed by atoms with van der Waals surface area (Å²) in [4.78, 5) is 11.2. The van der Waals surface area contributed by atoms with Crippen molar-refractivity contribution in [2.75, 3.05) is 13.2 Å². The molecule has 0 heterocycles. The van der Waals surface area contributed by atoms with E-state index in [2.05, 4.69) is 0 Å². The van der Waals surface area contributed by atoms with E-state index in [-0.39, 0.29) is 0 Å². The molecule has 0 aromatic rings. The minimum absolute atomic E-state index is 0.347. The molecule has 0 aromatic carbocycles. The van der Waals surface area contributed by atoms with Gasteiger partial charge >= 0.3 is 47.6 Å². The van der Waals surface area contributed by atoms with E-state index in [9.17, 15) is 79.4 Å².